The standard InChI is InChI=1S/C18H16FN5O2/c19-14-3-1-12(2-4-14)16-11-26-6-5-23(16)10-15-7-17(25)24-18(22-15)13(8-20)9-21-24/h1-4,7,9,16,21H,5-6,10-11H2. The third-order valence-electron chi connectivity index (χ3n) is 4.53. The summed E-state index contributed by atoms with van der Waals surface area (Å²) in [4.78, 5) is 18.9. The molecule has 132 valence electrons. The van der Waals surface area contributed by atoms with Crippen molar-refractivity contribution in [2.75, 3.05) is 19.8 Å². The number of hydrogen-bond donors (Lipinski definition) is 1. The fraction of sp³-hybridized carbons (Fsp3) is 0.278. The normalized spacial score (nSPS) is 18.1. The number of morpholine rings is 1. The summed E-state index contributed by atoms with van der Waals surface area (Å²) >= 11 is 0. The smallest absolute Gasteiger partial charge is 0.272 e. The Hall–Kier alpha value is -3.02. The Bertz CT molecular complexity index is 1030. The van der Waals surface area contributed by atoms with E-state index in [0.29, 0.717) is 43.2 Å². The fourth-order valence-corrected chi connectivity index (χ4v) is 3.22. The minimum absolute atomic E-state index is 0.0498. The van der Waals surface area contributed by atoms with Gasteiger partial charge in [-0.2, -0.15) is 5.26 Å². The highest BCUT2D eigenvalue weighted by molar-refractivity contribution is 5.53. The number of rotatable bonds is 3. The summed E-state index contributed by atoms with van der Waals surface area (Å²) < 4.78 is 20.0. The van der Waals surface area contributed by atoms with Gasteiger partial charge in [0.05, 0.1) is 24.9 Å². The summed E-state index contributed by atoms with van der Waals surface area (Å²) in [6.45, 7) is 2.17. The van der Waals surface area contributed by atoms with E-state index in [-0.39, 0.29) is 17.4 Å². The molecule has 0 radical (unpaired) electrons. The molecule has 4 rings (SSSR count). The van der Waals surface area contributed by atoms with Crippen LogP contribution in [0.25, 0.3) is 5.65 Å². The zero-order valence-corrected chi connectivity index (χ0v) is 13.9. The van der Waals surface area contributed by atoms with Gasteiger partial charge in [-0.05, 0) is 17.7 Å². The van der Waals surface area contributed by atoms with Gasteiger partial charge in [0, 0.05) is 25.4 Å². The second-order valence-electron chi connectivity index (χ2n) is 6.16. The number of aromatic amines is 1. The van der Waals surface area contributed by atoms with Crippen LogP contribution in [-0.2, 0) is 11.3 Å². The molecule has 1 fully saturated rings. The second-order valence-corrected chi connectivity index (χ2v) is 6.16. The summed E-state index contributed by atoms with van der Waals surface area (Å²) in [6.07, 6.45) is 1.46. The average molecular weight is 353 g/mol. The predicted octanol–water partition coefficient (Wildman–Crippen LogP) is 1.61. The van der Waals surface area contributed by atoms with Crippen molar-refractivity contribution in [1.29, 1.82) is 5.26 Å². The quantitative estimate of drug-likeness (QED) is 0.773. The van der Waals surface area contributed by atoms with Crippen LogP contribution in [0.3, 0.4) is 0 Å². The van der Waals surface area contributed by atoms with Gasteiger partial charge in [0.1, 0.15) is 17.4 Å². The molecular weight excluding hydrogens is 337 g/mol. The van der Waals surface area contributed by atoms with E-state index in [1.807, 2.05) is 6.07 Å². The highest BCUT2D eigenvalue weighted by Crippen LogP contribution is 2.25. The van der Waals surface area contributed by atoms with Crippen molar-refractivity contribution in [3.05, 3.63) is 69.5 Å². The molecule has 3 aromatic rings. The summed E-state index contributed by atoms with van der Waals surface area (Å²) in [7, 11) is 0. The largest absolute Gasteiger partial charge is 0.378 e. The average Bonchev–Trinajstić information content (AvgIpc) is 3.06. The lowest BCUT2D eigenvalue weighted by Gasteiger charge is -2.35. The molecule has 8 heteroatoms. The van der Waals surface area contributed by atoms with Crippen LogP contribution in [0.5, 0.6) is 0 Å². The van der Waals surface area contributed by atoms with Crippen LogP contribution in [-0.4, -0.2) is 39.3 Å². The van der Waals surface area contributed by atoms with Crippen LogP contribution in [0.4, 0.5) is 4.39 Å². The van der Waals surface area contributed by atoms with Crippen LogP contribution in [0.2, 0.25) is 0 Å². The van der Waals surface area contributed by atoms with Crippen LogP contribution in [0.15, 0.2) is 41.3 Å². The molecule has 2 aromatic heterocycles. The maximum atomic E-state index is 13.2. The fourth-order valence-electron chi connectivity index (χ4n) is 3.22. The van der Waals surface area contributed by atoms with Gasteiger partial charge in [-0.25, -0.2) is 13.9 Å². The summed E-state index contributed by atoms with van der Waals surface area (Å²) in [5.74, 6) is -0.284. The minimum atomic E-state index is -0.284. The Balaban J connectivity index is 1.66. The Morgan fingerprint density at radius 1 is 1.38 bits per heavy atom. The van der Waals surface area contributed by atoms with Gasteiger partial charge in [0.15, 0.2) is 5.65 Å². The van der Waals surface area contributed by atoms with Gasteiger partial charge in [0.25, 0.3) is 5.56 Å². The van der Waals surface area contributed by atoms with Crippen molar-refractivity contribution in [1.82, 2.24) is 19.5 Å². The van der Waals surface area contributed by atoms with Crippen molar-refractivity contribution in [2.45, 2.75) is 12.6 Å². The number of benzene rings is 1. The zero-order valence-electron chi connectivity index (χ0n) is 13.9. The summed E-state index contributed by atoms with van der Waals surface area (Å²) in [6, 6.07) is 9.78. The van der Waals surface area contributed by atoms with Gasteiger partial charge in [-0.1, -0.05) is 12.1 Å². The first-order chi connectivity index (χ1) is 12.7. The molecule has 1 atom stereocenters. The van der Waals surface area contributed by atoms with E-state index >= 15 is 0 Å². The van der Waals surface area contributed by atoms with Crippen LogP contribution >= 0.6 is 0 Å². The van der Waals surface area contributed by atoms with E-state index in [0.717, 1.165) is 5.56 Å². The van der Waals surface area contributed by atoms with Gasteiger partial charge in [0.2, 0.25) is 0 Å². The van der Waals surface area contributed by atoms with Crippen molar-refractivity contribution in [3.8, 4) is 6.07 Å². The first-order valence-corrected chi connectivity index (χ1v) is 8.23. The third-order valence-corrected chi connectivity index (χ3v) is 4.53. The van der Waals surface area contributed by atoms with Crippen LogP contribution in [0, 0.1) is 17.1 Å². The zero-order chi connectivity index (χ0) is 18.1. The Kier molecular flexibility index (Phi) is 4.24. The van der Waals surface area contributed by atoms with Crippen molar-refractivity contribution < 1.29 is 9.13 Å². The molecule has 0 aliphatic carbocycles. The summed E-state index contributed by atoms with van der Waals surface area (Å²) in [5, 5.41) is 11.9. The highest BCUT2D eigenvalue weighted by Gasteiger charge is 2.25. The molecule has 3 heterocycles. The van der Waals surface area contributed by atoms with E-state index in [4.69, 9.17) is 10.00 Å². The highest BCUT2D eigenvalue weighted by atomic mass is 19.1. The Morgan fingerprint density at radius 3 is 2.96 bits per heavy atom. The van der Waals surface area contributed by atoms with Crippen molar-refractivity contribution in [2.24, 2.45) is 0 Å². The molecule has 1 aliphatic heterocycles. The number of aromatic nitrogens is 3. The molecule has 7 nitrogen and oxygen atoms in total. The molecule has 1 aromatic carbocycles. The SMILES string of the molecule is N#Cc1c[nH]n2c(=O)cc(CN3CCOCC3c3ccc(F)cc3)nc12. The third kappa shape index (κ3) is 2.98. The molecule has 0 saturated carbocycles. The maximum Gasteiger partial charge on any atom is 0.272 e. The number of halogens is 1. The number of fused-ring (bicyclic) bond motifs is 1. The molecule has 0 amide bonds. The molecule has 1 saturated heterocycles. The number of nitrogens with zero attached hydrogens (tertiary/aromatic N) is 4. The van der Waals surface area contributed by atoms with Crippen LogP contribution in [0.1, 0.15) is 22.9 Å². The molecule has 26 heavy (non-hydrogen) atoms. The molecule has 0 bridgehead atoms. The van der Waals surface area contributed by atoms with Crippen molar-refractivity contribution in [3.63, 3.8) is 0 Å². The lowest BCUT2D eigenvalue weighted by Crippen LogP contribution is -2.39. The predicted molar refractivity (Wildman–Crippen MR) is 90.9 cm³/mol. The van der Waals surface area contributed by atoms with E-state index in [9.17, 15) is 9.18 Å². The van der Waals surface area contributed by atoms with E-state index in [1.54, 1.807) is 12.1 Å². The molecule has 1 unspecified atom stereocenters. The van der Waals surface area contributed by atoms with Gasteiger partial charge >= 0.3 is 0 Å². The first-order valence-electron chi connectivity index (χ1n) is 8.23. The topological polar surface area (TPSA) is 86.4 Å². The second kappa shape index (κ2) is 6.71. The first kappa shape index (κ1) is 16.4. The van der Waals surface area contributed by atoms with Gasteiger partial charge in [-0.3, -0.25) is 14.8 Å². The molecule has 0 spiro atoms. The number of nitrogens with one attached hydrogen (secondary N) is 1. The molecule has 1 aliphatic rings. The number of ether oxygens (including phenoxy) is 1. The van der Waals surface area contributed by atoms with E-state index in [2.05, 4.69) is 15.0 Å². The molecule has 1 N–H and O–H groups in total. The number of H-pyrrole nitrogens is 1. The summed E-state index contributed by atoms with van der Waals surface area (Å²) in [5.41, 5.74) is 1.91. The van der Waals surface area contributed by atoms with E-state index in [1.165, 1.54) is 28.9 Å². The van der Waals surface area contributed by atoms with Crippen molar-refractivity contribution >= 4 is 5.65 Å². The number of nitriles is 1. The van der Waals surface area contributed by atoms with Gasteiger partial charge in [-0.15, -0.1) is 0 Å². The Morgan fingerprint density at radius 2 is 2.19 bits per heavy atom. The van der Waals surface area contributed by atoms with Gasteiger partial charge < -0.3 is 4.74 Å². The maximum absolute atomic E-state index is 13.2. The minimum Gasteiger partial charge on any atom is -0.378 e. The lowest BCUT2D eigenvalue weighted by atomic mass is 10.0. The molecular formula is C18H16FN5O2. The monoisotopic (exact) mass is 353 g/mol. The van der Waals surface area contributed by atoms with Crippen LogP contribution < -0.4 is 5.56 Å². The Labute approximate surface area is 148 Å². The lowest BCUT2D eigenvalue weighted by molar-refractivity contribution is -0.0132. The van der Waals surface area contributed by atoms with E-state index < -0.39 is 0 Å². The number of hydrogen-bond acceptors (Lipinski definition) is 5.